The van der Waals surface area contributed by atoms with E-state index in [4.69, 9.17) is 14.2 Å². The second kappa shape index (κ2) is 15.8. The van der Waals surface area contributed by atoms with Crippen LogP contribution in [0.15, 0.2) is 55.2 Å². The average molecular weight is 515 g/mol. The Kier molecular flexibility index (Phi) is 13.6. The van der Waals surface area contributed by atoms with Crippen LogP contribution in [0.25, 0.3) is 5.57 Å². The molecule has 7 nitrogen and oxygen atoms in total. The zero-order chi connectivity index (χ0) is 28.0. The van der Waals surface area contributed by atoms with Gasteiger partial charge in [-0.2, -0.15) is 0 Å². The molecule has 0 radical (unpaired) electrons. The number of ether oxygens (including phenoxy) is 3. The summed E-state index contributed by atoms with van der Waals surface area (Å²) in [6, 6.07) is 4.04. The summed E-state index contributed by atoms with van der Waals surface area (Å²) >= 11 is 0. The normalized spacial score (nSPS) is 11.6. The smallest absolute Gasteiger partial charge is 0.333 e. The Labute approximate surface area is 221 Å². The highest BCUT2D eigenvalue weighted by Crippen LogP contribution is 2.33. The molecule has 0 atom stereocenters. The third-order valence-electron chi connectivity index (χ3n) is 5.78. The van der Waals surface area contributed by atoms with Crippen molar-refractivity contribution in [2.75, 3.05) is 33.0 Å². The van der Waals surface area contributed by atoms with Crippen LogP contribution in [0.5, 0.6) is 5.75 Å². The topological polar surface area (TPSA) is 102 Å². The molecular weight excluding hydrogens is 472 g/mol. The van der Waals surface area contributed by atoms with Gasteiger partial charge in [0.25, 0.3) is 0 Å². The molecule has 0 fully saturated rings. The quantitative estimate of drug-likeness (QED) is 0.134. The molecule has 0 aromatic heterocycles. The van der Waals surface area contributed by atoms with E-state index in [1.54, 1.807) is 26.8 Å². The van der Waals surface area contributed by atoms with Crippen molar-refractivity contribution in [1.29, 1.82) is 0 Å². The number of aliphatic hydroxyl groups excluding tert-OH is 2. The molecule has 7 heteroatoms. The molecule has 0 unspecified atom stereocenters. The van der Waals surface area contributed by atoms with Gasteiger partial charge in [0.2, 0.25) is 0 Å². The van der Waals surface area contributed by atoms with Crippen molar-refractivity contribution in [2.45, 2.75) is 53.4 Å². The van der Waals surface area contributed by atoms with Crippen molar-refractivity contribution in [3.05, 3.63) is 71.9 Å². The summed E-state index contributed by atoms with van der Waals surface area (Å²) in [6.45, 7) is 18.1. The lowest BCUT2D eigenvalue weighted by Gasteiger charge is -2.27. The minimum absolute atomic E-state index is 0.104. The maximum absolute atomic E-state index is 11.8. The van der Waals surface area contributed by atoms with E-state index >= 15 is 0 Å². The minimum atomic E-state index is -0.823. The molecule has 1 rings (SSSR count). The van der Waals surface area contributed by atoms with Crippen molar-refractivity contribution in [2.24, 2.45) is 5.41 Å². The summed E-state index contributed by atoms with van der Waals surface area (Å²) < 4.78 is 16.8. The summed E-state index contributed by atoms with van der Waals surface area (Å²) in [4.78, 5) is 23.5. The van der Waals surface area contributed by atoms with Gasteiger partial charge in [0.05, 0.1) is 33.0 Å². The van der Waals surface area contributed by atoms with Crippen LogP contribution < -0.4 is 4.74 Å². The zero-order valence-corrected chi connectivity index (χ0v) is 22.7. The minimum Gasteiger partial charge on any atom is -0.492 e. The molecule has 204 valence electrons. The van der Waals surface area contributed by atoms with Gasteiger partial charge in [0.15, 0.2) is 0 Å². The van der Waals surface area contributed by atoms with Crippen LogP contribution in [0.4, 0.5) is 0 Å². The number of benzene rings is 1. The highest BCUT2D eigenvalue weighted by Gasteiger charge is 2.25. The van der Waals surface area contributed by atoms with E-state index < -0.39 is 17.4 Å². The Morgan fingerprint density at radius 3 is 1.76 bits per heavy atom. The largest absolute Gasteiger partial charge is 0.492 e. The van der Waals surface area contributed by atoms with Crippen LogP contribution in [0, 0.1) is 5.41 Å². The molecule has 0 heterocycles. The predicted molar refractivity (Wildman–Crippen MR) is 146 cm³/mol. The zero-order valence-electron chi connectivity index (χ0n) is 22.7. The molecule has 2 N–H and O–H groups in total. The fourth-order valence-electron chi connectivity index (χ4n) is 3.37. The van der Waals surface area contributed by atoms with Crippen molar-refractivity contribution >= 4 is 17.5 Å². The monoisotopic (exact) mass is 514 g/mol. The van der Waals surface area contributed by atoms with Crippen LogP contribution in [0.1, 0.15) is 57.2 Å². The van der Waals surface area contributed by atoms with Gasteiger partial charge >= 0.3 is 11.9 Å². The van der Waals surface area contributed by atoms with E-state index in [-0.39, 0.29) is 33.0 Å². The SMILES string of the molecule is C=C/C(=C\C)c1cc(CCCOC(=O)C(=C)C)c(OCC(C)(CO)CO)c(CCCOC(=O)C(=C)C)c1. The molecule has 1 aromatic rings. The molecule has 0 bridgehead atoms. The first-order valence-corrected chi connectivity index (χ1v) is 12.5. The number of aliphatic hydroxyl groups is 2. The average Bonchev–Trinajstić information content (AvgIpc) is 2.88. The summed E-state index contributed by atoms with van der Waals surface area (Å²) in [7, 11) is 0. The van der Waals surface area contributed by atoms with Crippen molar-refractivity contribution in [3.63, 3.8) is 0 Å². The van der Waals surface area contributed by atoms with E-state index in [1.807, 2.05) is 25.1 Å². The van der Waals surface area contributed by atoms with Crippen LogP contribution in [0.3, 0.4) is 0 Å². The molecule has 1 aromatic carbocycles. The maximum atomic E-state index is 11.8. The van der Waals surface area contributed by atoms with Gasteiger partial charge in [-0.05, 0) is 80.9 Å². The van der Waals surface area contributed by atoms with Crippen molar-refractivity contribution in [1.82, 2.24) is 0 Å². The van der Waals surface area contributed by atoms with Gasteiger partial charge in [-0.1, -0.05) is 38.8 Å². The van der Waals surface area contributed by atoms with Gasteiger partial charge in [-0.25, -0.2) is 9.59 Å². The number of hydrogen-bond acceptors (Lipinski definition) is 7. The number of allylic oxidation sites excluding steroid dienone is 3. The standard InChI is InChI=1S/C30H42O7/c1-8-23(9-2)26-16-24(12-10-14-35-28(33)21(3)4)27(37-20-30(7,18-31)19-32)25(17-26)13-11-15-36-29(34)22(5)6/h8-9,16-17,31-32H,1,3,5,10-15,18-20H2,2,4,6-7H3/b23-9+. The Hall–Kier alpha value is -3.16. The molecule has 0 saturated heterocycles. The van der Waals surface area contributed by atoms with Gasteiger partial charge in [-0.3, -0.25) is 0 Å². The van der Waals surface area contributed by atoms with E-state index in [1.165, 1.54) is 0 Å². The first-order chi connectivity index (χ1) is 17.5. The number of aryl methyl sites for hydroxylation is 2. The van der Waals surface area contributed by atoms with Crippen LogP contribution in [-0.2, 0) is 31.9 Å². The highest BCUT2D eigenvalue weighted by molar-refractivity contribution is 5.87. The van der Waals surface area contributed by atoms with Crippen LogP contribution in [-0.4, -0.2) is 55.2 Å². The van der Waals surface area contributed by atoms with E-state index in [0.29, 0.717) is 42.6 Å². The lowest BCUT2D eigenvalue weighted by atomic mass is 9.92. The summed E-state index contributed by atoms with van der Waals surface area (Å²) in [5.74, 6) is -0.215. The first kappa shape index (κ1) is 31.9. The molecule has 0 aliphatic heterocycles. The van der Waals surface area contributed by atoms with E-state index in [2.05, 4.69) is 19.7 Å². The number of esters is 2. The van der Waals surface area contributed by atoms with Crippen LogP contribution in [0.2, 0.25) is 0 Å². The van der Waals surface area contributed by atoms with Gasteiger partial charge < -0.3 is 24.4 Å². The number of hydrogen-bond donors (Lipinski definition) is 2. The Morgan fingerprint density at radius 1 is 0.946 bits per heavy atom. The van der Waals surface area contributed by atoms with Gasteiger partial charge in [0.1, 0.15) is 5.75 Å². The molecule has 0 aliphatic rings. The first-order valence-electron chi connectivity index (χ1n) is 12.5. The summed E-state index contributed by atoms with van der Waals surface area (Å²) in [5, 5.41) is 19.5. The van der Waals surface area contributed by atoms with E-state index in [0.717, 1.165) is 22.3 Å². The molecule has 0 spiro atoms. The lowest BCUT2D eigenvalue weighted by molar-refractivity contribution is -0.139. The molecule has 0 saturated carbocycles. The second-order valence-electron chi connectivity index (χ2n) is 9.53. The molecule has 0 aliphatic carbocycles. The molecule has 0 amide bonds. The Balaban J connectivity index is 3.32. The number of carbonyl (C=O) groups is 2. The summed E-state index contributed by atoms with van der Waals surface area (Å²) in [6.07, 6.45) is 5.99. The van der Waals surface area contributed by atoms with Crippen molar-refractivity contribution < 1.29 is 34.0 Å². The predicted octanol–water partition coefficient (Wildman–Crippen LogP) is 4.75. The molecular formula is C30H42O7. The third kappa shape index (κ3) is 10.4. The third-order valence-corrected chi connectivity index (χ3v) is 5.78. The van der Waals surface area contributed by atoms with Crippen molar-refractivity contribution in [3.8, 4) is 5.75 Å². The fraction of sp³-hybridized carbons (Fsp3) is 0.467. The Bertz CT molecular complexity index is 944. The van der Waals surface area contributed by atoms with Gasteiger partial charge in [0, 0.05) is 16.6 Å². The molecule has 37 heavy (non-hydrogen) atoms. The van der Waals surface area contributed by atoms with Gasteiger partial charge in [-0.15, -0.1) is 0 Å². The summed E-state index contributed by atoms with van der Waals surface area (Å²) in [5.41, 5.74) is 3.58. The maximum Gasteiger partial charge on any atom is 0.333 e. The van der Waals surface area contributed by atoms with E-state index in [9.17, 15) is 19.8 Å². The number of rotatable bonds is 17. The second-order valence-corrected chi connectivity index (χ2v) is 9.53. The highest BCUT2D eigenvalue weighted by atomic mass is 16.5. The Morgan fingerprint density at radius 2 is 1.41 bits per heavy atom. The fourth-order valence-corrected chi connectivity index (χ4v) is 3.37. The lowest BCUT2D eigenvalue weighted by Crippen LogP contribution is -2.33. The van der Waals surface area contributed by atoms with Crippen LogP contribution >= 0.6 is 0 Å². The number of carbonyl (C=O) groups excluding carboxylic acids is 2.